The molecule has 0 aliphatic carbocycles. The molecule has 8 nitrogen and oxygen atoms in total. The van der Waals surface area contributed by atoms with Gasteiger partial charge in [0.05, 0.1) is 4.90 Å². The van der Waals surface area contributed by atoms with Crippen LogP contribution in [0.1, 0.15) is 48.8 Å². The minimum Gasteiger partial charge on any atom is -0.358 e. The van der Waals surface area contributed by atoms with E-state index >= 15 is 0 Å². The fourth-order valence-electron chi connectivity index (χ4n) is 3.89. The normalized spacial score (nSPS) is 14.9. The summed E-state index contributed by atoms with van der Waals surface area (Å²) in [5.74, 6) is 0.875. The molecule has 0 saturated carbocycles. The zero-order chi connectivity index (χ0) is 23.1. The molecule has 2 aromatic heterocycles. The van der Waals surface area contributed by atoms with Gasteiger partial charge in [-0.25, -0.2) is 18.4 Å². The Hall–Kier alpha value is -2.49. The van der Waals surface area contributed by atoms with E-state index in [-0.39, 0.29) is 21.4 Å². The Morgan fingerprint density at radius 2 is 1.91 bits per heavy atom. The molecule has 0 spiro atoms. The number of halogens is 1. The van der Waals surface area contributed by atoms with Gasteiger partial charge in [0.25, 0.3) is 10.0 Å². The van der Waals surface area contributed by atoms with Crippen LogP contribution in [0.2, 0.25) is 5.28 Å². The highest BCUT2D eigenvalue weighted by Crippen LogP contribution is 2.31. The van der Waals surface area contributed by atoms with Gasteiger partial charge in [-0.15, -0.1) is 0 Å². The first-order valence-electron chi connectivity index (χ1n) is 10.3. The van der Waals surface area contributed by atoms with Crippen LogP contribution in [0.3, 0.4) is 0 Å². The first kappa shape index (κ1) is 22.7. The number of nitrogens with one attached hydrogen (secondary N) is 1. The summed E-state index contributed by atoms with van der Waals surface area (Å²) < 4.78 is 34.1. The van der Waals surface area contributed by atoms with Gasteiger partial charge >= 0.3 is 0 Å². The predicted molar refractivity (Wildman–Crippen MR) is 122 cm³/mol. The minimum absolute atomic E-state index is 0.202. The smallest absolute Gasteiger partial charge is 0.263 e. The maximum atomic E-state index is 13.1. The molecule has 170 valence electrons. The van der Waals surface area contributed by atoms with Crippen LogP contribution < -0.4 is 4.72 Å². The SMILES string of the molecule is Cc1c(NS(=O)(=O)c2ccc3c(c2)CN(Cc2cnc(Cl)nc2)CC3)noc1C(C)(C)C. The molecular weight excluding hydrogens is 450 g/mol. The molecule has 0 radical (unpaired) electrons. The number of sulfonamides is 1. The lowest BCUT2D eigenvalue weighted by molar-refractivity contribution is 0.244. The summed E-state index contributed by atoms with van der Waals surface area (Å²) in [6.07, 6.45) is 4.26. The summed E-state index contributed by atoms with van der Waals surface area (Å²) in [5.41, 5.74) is 3.52. The lowest BCUT2D eigenvalue weighted by Gasteiger charge is -2.29. The van der Waals surface area contributed by atoms with Crippen molar-refractivity contribution in [3.63, 3.8) is 0 Å². The first-order valence-corrected chi connectivity index (χ1v) is 12.2. The summed E-state index contributed by atoms with van der Waals surface area (Å²) in [4.78, 5) is 10.5. The van der Waals surface area contributed by atoms with E-state index in [9.17, 15) is 8.42 Å². The molecule has 0 amide bonds. The fraction of sp³-hybridized carbons (Fsp3) is 0.409. The van der Waals surface area contributed by atoms with Crippen molar-refractivity contribution >= 4 is 27.4 Å². The minimum atomic E-state index is -3.81. The second kappa shape index (κ2) is 8.46. The van der Waals surface area contributed by atoms with Crippen molar-refractivity contribution in [1.82, 2.24) is 20.0 Å². The Balaban J connectivity index is 1.53. The van der Waals surface area contributed by atoms with Crippen LogP contribution in [-0.4, -0.2) is 35.0 Å². The van der Waals surface area contributed by atoms with Crippen LogP contribution in [-0.2, 0) is 34.9 Å². The topological polar surface area (TPSA) is 101 Å². The largest absolute Gasteiger partial charge is 0.358 e. The van der Waals surface area contributed by atoms with E-state index in [1.807, 2.05) is 26.8 Å². The maximum absolute atomic E-state index is 13.1. The molecular formula is C22H26ClN5O3S. The molecule has 0 bridgehead atoms. The third kappa shape index (κ3) is 4.79. The summed E-state index contributed by atoms with van der Waals surface area (Å²) in [6.45, 7) is 9.95. The predicted octanol–water partition coefficient (Wildman–Crippen LogP) is 4.08. The van der Waals surface area contributed by atoms with Crippen molar-refractivity contribution in [3.8, 4) is 0 Å². The molecule has 0 fully saturated rings. The van der Waals surface area contributed by atoms with Crippen LogP contribution in [0, 0.1) is 6.92 Å². The second-order valence-electron chi connectivity index (χ2n) is 9.09. The van der Waals surface area contributed by atoms with Gasteiger partial charge in [-0.2, -0.15) is 0 Å². The zero-order valence-electron chi connectivity index (χ0n) is 18.5. The van der Waals surface area contributed by atoms with Crippen molar-refractivity contribution in [2.24, 2.45) is 0 Å². The molecule has 4 rings (SSSR count). The standard InChI is InChI=1S/C22H26ClN5O3S/c1-14-19(22(2,3)4)31-26-20(14)27-32(29,30)18-6-5-16-7-8-28(13-17(16)9-18)12-15-10-24-21(23)25-11-15/h5-6,9-11H,7-8,12-13H2,1-4H3,(H,26,27). The zero-order valence-corrected chi connectivity index (χ0v) is 20.1. The number of anilines is 1. The molecule has 1 aromatic carbocycles. The van der Waals surface area contributed by atoms with Crippen molar-refractivity contribution in [2.75, 3.05) is 11.3 Å². The van der Waals surface area contributed by atoms with E-state index in [1.54, 1.807) is 31.5 Å². The number of fused-ring (bicyclic) bond motifs is 1. The van der Waals surface area contributed by atoms with E-state index in [2.05, 4.69) is 24.7 Å². The maximum Gasteiger partial charge on any atom is 0.263 e. The van der Waals surface area contributed by atoms with Crippen molar-refractivity contribution in [1.29, 1.82) is 0 Å². The average Bonchev–Trinajstić information content (AvgIpc) is 3.09. The molecule has 1 N–H and O–H groups in total. The summed E-state index contributed by atoms with van der Waals surface area (Å²) in [6, 6.07) is 5.27. The molecule has 3 aromatic rings. The summed E-state index contributed by atoms with van der Waals surface area (Å²) in [5, 5.41) is 4.17. The van der Waals surface area contributed by atoms with E-state index in [0.29, 0.717) is 24.4 Å². The van der Waals surface area contributed by atoms with E-state index in [4.69, 9.17) is 16.1 Å². The van der Waals surface area contributed by atoms with Crippen molar-refractivity contribution in [2.45, 2.75) is 57.5 Å². The second-order valence-corrected chi connectivity index (χ2v) is 11.1. The van der Waals surface area contributed by atoms with Crippen LogP contribution in [0.25, 0.3) is 0 Å². The number of rotatable bonds is 5. The van der Waals surface area contributed by atoms with Gasteiger partial charge in [0, 0.05) is 48.6 Å². The monoisotopic (exact) mass is 475 g/mol. The molecule has 10 heteroatoms. The molecule has 0 saturated heterocycles. The average molecular weight is 476 g/mol. The van der Waals surface area contributed by atoms with E-state index in [0.717, 1.165) is 29.7 Å². The highest BCUT2D eigenvalue weighted by Gasteiger charge is 2.27. The van der Waals surface area contributed by atoms with Crippen LogP contribution in [0.5, 0.6) is 0 Å². The van der Waals surface area contributed by atoms with Gasteiger partial charge in [0.15, 0.2) is 5.82 Å². The Bertz CT molecular complexity index is 1230. The molecule has 1 aliphatic heterocycles. The quantitative estimate of drug-likeness (QED) is 0.554. The summed E-state index contributed by atoms with van der Waals surface area (Å²) >= 11 is 5.76. The van der Waals surface area contributed by atoms with Crippen molar-refractivity contribution in [3.05, 3.63) is 63.9 Å². The lowest BCUT2D eigenvalue weighted by atomic mass is 9.91. The third-order valence-electron chi connectivity index (χ3n) is 5.50. The van der Waals surface area contributed by atoms with Gasteiger partial charge in [-0.3, -0.25) is 9.62 Å². The number of hydrogen-bond donors (Lipinski definition) is 1. The highest BCUT2D eigenvalue weighted by atomic mass is 35.5. The van der Waals surface area contributed by atoms with Crippen LogP contribution >= 0.6 is 11.6 Å². The van der Waals surface area contributed by atoms with Crippen LogP contribution in [0.15, 0.2) is 40.0 Å². The Kier molecular flexibility index (Phi) is 6.00. The Morgan fingerprint density at radius 1 is 1.19 bits per heavy atom. The molecule has 32 heavy (non-hydrogen) atoms. The molecule has 0 unspecified atom stereocenters. The van der Waals surface area contributed by atoms with E-state index in [1.165, 1.54) is 0 Å². The van der Waals surface area contributed by atoms with Gasteiger partial charge in [-0.1, -0.05) is 32.0 Å². The van der Waals surface area contributed by atoms with Crippen molar-refractivity contribution < 1.29 is 12.9 Å². The molecule has 0 atom stereocenters. The number of hydrogen-bond acceptors (Lipinski definition) is 7. The fourth-order valence-corrected chi connectivity index (χ4v) is 5.09. The van der Waals surface area contributed by atoms with Gasteiger partial charge in [0.1, 0.15) is 5.76 Å². The third-order valence-corrected chi connectivity index (χ3v) is 7.03. The lowest BCUT2D eigenvalue weighted by Crippen LogP contribution is -2.30. The molecule has 1 aliphatic rings. The number of benzene rings is 1. The Morgan fingerprint density at radius 3 is 2.56 bits per heavy atom. The van der Waals surface area contributed by atoms with Gasteiger partial charge < -0.3 is 4.52 Å². The first-order chi connectivity index (χ1) is 15.0. The van der Waals surface area contributed by atoms with E-state index < -0.39 is 10.0 Å². The number of nitrogens with zero attached hydrogens (tertiary/aromatic N) is 4. The van der Waals surface area contributed by atoms with Crippen LogP contribution in [0.4, 0.5) is 5.82 Å². The van der Waals surface area contributed by atoms with Gasteiger partial charge in [-0.05, 0) is 48.2 Å². The van der Waals surface area contributed by atoms with Gasteiger partial charge in [0.2, 0.25) is 5.28 Å². The summed E-state index contributed by atoms with van der Waals surface area (Å²) in [7, 11) is -3.81. The Labute approximate surface area is 193 Å². The molecule has 3 heterocycles. The highest BCUT2D eigenvalue weighted by molar-refractivity contribution is 7.92. The number of aromatic nitrogens is 3.